The Kier molecular flexibility index (Phi) is 2.71. The predicted molar refractivity (Wildman–Crippen MR) is 55.5 cm³/mol. The van der Waals surface area contributed by atoms with E-state index in [9.17, 15) is 0 Å². The minimum atomic E-state index is 0.759. The fourth-order valence-corrected chi connectivity index (χ4v) is 1.19. The van der Waals surface area contributed by atoms with Crippen molar-refractivity contribution in [2.24, 2.45) is 0 Å². The number of nitrogens with zero attached hydrogens (tertiary/aromatic N) is 3. The largest absolute Gasteiger partial charge is 0.249 e. The quantitative estimate of drug-likeness (QED) is 0.732. The molecule has 0 N–H and O–H groups in total. The molecule has 2 rings (SSSR count). The van der Waals surface area contributed by atoms with Crippen LogP contribution in [0.2, 0.25) is 0 Å². The van der Waals surface area contributed by atoms with Crippen molar-refractivity contribution < 1.29 is 0 Å². The average Bonchev–Trinajstić information content (AvgIpc) is 2.72. The van der Waals surface area contributed by atoms with E-state index < -0.39 is 0 Å². The van der Waals surface area contributed by atoms with Crippen LogP contribution in [0, 0.1) is 0 Å². The standard InChI is InChI=1S/C11H11N3/c1-2-5-11(6-3-1)7-4-8-14-10-12-9-13-14/h1-7,9-10H,8H2. The summed E-state index contributed by atoms with van der Waals surface area (Å²) in [4.78, 5) is 3.87. The molecule has 0 aliphatic rings. The van der Waals surface area contributed by atoms with Crippen molar-refractivity contribution in [2.45, 2.75) is 6.54 Å². The average molecular weight is 185 g/mol. The number of hydrogen-bond donors (Lipinski definition) is 0. The van der Waals surface area contributed by atoms with Gasteiger partial charge in [-0.25, -0.2) is 9.67 Å². The molecule has 14 heavy (non-hydrogen) atoms. The summed E-state index contributed by atoms with van der Waals surface area (Å²) in [5.41, 5.74) is 1.20. The maximum atomic E-state index is 4.00. The van der Waals surface area contributed by atoms with Gasteiger partial charge in [-0.1, -0.05) is 42.5 Å². The Morgan fingerprint density at radius 3 is 2.79 bits per heavy atom. The number of aromatic nitrogens is 3. The molecule has 0 aliphatic carbocycles. The van der Waals surface area contributed by atoms with E-state index in [1.807, 2.05) is 18.2 Å². The van der Waals surface area contributed by atoms with Crippen LogP contribution in [0.5, 0.6) is 0 Å². The van der Waals surface area contributed by atoms with Crippen LogP contribution < -0.4 is 0 Å². The predicted octanol–water partition coefficient (Wildman–Crippen LogP) is 1.99. The smallest absolute Gasteiger partial charge is 0.137 e. The third-order valence-electron chi connectivity index (χ3n) is 1.87. The first-order valence-corrected chi connectivity index (χ1v) is 4.49. The molecule has 2 aromatic rings. The van der Waals surface area contributed by atoms with Crippen molar-refractivity contribution in [2.75, 3.05) is 0 Å². The van der Waals surface area contributed by atoms with Crippen LogP contribution >= 0.6 is 0 Å². The number of hydrogen-bond acceptors (Lipinski definition) is 2. The Balaban J connectivity index is 1.96. The van der Waals surface area contributed by atoms with Gasteiger partial charge in [-0.3, -0.25) is 0 Å². The van der Waals surface area contributed by atoms with Crippen molar-refractivity contribution in [3.05, 3.63) is 54.6 Å². The lowest BCUT2D eigenvalue weighted by atomic mass is 10.2. The third-order valence-corrected chi connectivity index (χ3v) is 1.87. The van der Waals surface area contributed by atoms with Crippen LogP contribution in [0.25, 0.3) is 6.08 Å². The van der Waals surface area contributed by atoms with Gasteiger partial charge in [0, 0.05) is 0 Å². The Hall–Kier alpha value is -1.90. The van der Waals surface area contributed by atoms with E-state index in [1.165, 1.54) is 11.9 Å². The molecule has 0 spiro atoms. The zero-order valence-corrected chi connectivity index (χ0v) is 7.74. The molecule has 0 saturated heterocycles. The molecule has 1 aromatic carbocycles. The van der Waals surface area contributed by atoms with Crippen molar-refractivity contribution in [1.82, 2.24) is 14.8 Å². The second-order valence-corrected chi connectivity index (χ2v) is 2.93. The highest BCUT2D eigenvalue weighted by Crippen LogP contribution is 2.00. The lowest BCUT2D eigenvalue weighted by Gasteiger charge is -1.93. The van der Waals surface area contributed by atoms with Gasteiger partial charge in [-0.05, 0) is 5.56 Å². The van der Waals surface area contributed by atoms with Crippen LogP contribution in [-0.2, 0) is 6.54 Å². The Bertz CT molecular complexity index is 390. The van der Waals surface area contributed by atoms with Crippen molar-refractivity contribution in [3.8, 4) is 0 Å². The summed E-state index contributed by atoms with van der Waals surface area (Å²) in [5.74, 6) is 0. The summed E-state index contributed by atoms with van der Waals surface area (Å²) in [5, 5.41) is 4.00. The Morgan fingerprint density at radius 1 is 1.21 bits per heavy atom. The van der Waals surface area contributed by atoms with Gasteiger partial charge in [0.15, 0.2) is 0 Å². The Morgan fingerprint density at radius 2 is 2.07 bits per heavy atom. The Labute approximate surface area is 82.7 Å². The molecule has 3 nitrogen and oxygen atoms in total. The maximum Gasteiger partial charge on any atom is 0.137 e. The molecule has 0 bridgehead atoms. The highest BCUT2D eigenvalue weighted by molar-refractivity contribution is 5.48. The van der Waals surface area contributed by atoms with Crippen molar-refractivity contribution in [1.29, 1.82) is 0 Å². The molecule has 0 atom stereocenters. The molecule has 1 heterocycles. The molecule has 0 fully saturated rings. The van der Waals surface area contributed by atoms with Crippen LogP contribution in [0.3, 0.4) is 0 Å². The third kappa shape index (κ3) is 2.29. The van der Waals surface area contributed by atoms with E-state index in [0.717, 1.165) is 6.54 Å². The molecule has 1 aromatic heterocycles. The lowest BCUT2D eigenvalue weighted by Crippen LogP contribution is -1.94. The van der Waals surface area contributed by atoms with E-state index in [-0.39, 0.29) is 0 Å². The normalized spacial score (nSPS) is 10.9. The molecule has 0 amide bonds. The summed E-state index contributed by atoms with van der Waals surface area (Å²) in [7, 11) is 0. The van der Waals surface area contributed by atoms with Gasteiger partial charge in [-0.2, -0.15) is 5.10 Å². The zero-order valence-electron chi connectivity index (χ0n) is 7.74. The maximum absolute atomic E-state index is 4.00. The van der Waals surface area contributed by atoms with Crippen LogP contribution in [0.4, 0.5) is 0 Å². The molecule has 70 valence electrons. The van der Waals surface area contributed by atoms with Gasteiger partial charge in [0.05, 0.1) is 6.54 Å². The highest BCUT2D eigenvalue weighted by Gasteiger charge is 1.85. The van der Waals surface area contributed by atoms with Gasteiger partial charge >= 0.3 is 0 Å². The molecular weight excluding hydrogens is 174 g/mol. The fraction of sp³-hybridized carbons (Fsp3) is 0.0909. The van der Waals surface area contributed by atoms with E-state index >= 15 is 0 Å². The van der Waals surface area contributed by atoms with Crippen molar-refractivity contribution >= 4 is 6.08 Å². The molecule has 0 unspecified atom stereocenters. The van der Waals surface area contributed by atoms with Crippen LogP contribution in [0.1, 0.15) is 5.56 Å². The zero-order chi connectivity index (χ0) is 9.64. The van der Waals surface area contributed by atoms with Crippen LogP contribution in [-0.4, -0.2) is 14.8 Å². The number of allylic oxidation sites excluding steroid dienone is 1. The monoisotopic (exact) mass is 185 g/mol. The first-order chi connectivity index (χ1) is 6.95. The summed E-state index contributed by atoms with van der Waals surface area (Å²) >= 11 is 0. The minimum Gasteiger partial charge on any atom is -0.249 e. The van der Waals surface area contributed by atoms with Gasteiger partial charge < -0.3 is 0 Å². The van der Waals surface area contributed by atoms with Gasteiger partial charge in [0.2, 0.25) is 0 Å². The summed E-state index contributed by atoms with van der Waals surface area (Å²) in [6, 6.07) is 10.2. The summed E-state index contributed by atoms with van der Waals surface area (Å²) in [6.45, 7) is 0.759. The highest BCUT2D eigenvalue weighted by atomic mass is 15.3. The van der Waals surface area contributed by atoms with E-state index in [2.05, 4.69) is 34.4 Å². The number of benzene rings is 1. The second-order valence-electron chi connectivity index (χ2n) is 2.93. The summed E-state index contributed by atoms with van der Waals surface area (Å²) < 4.78 is 1.78. The second kappa shape index (κ2) is 4.37. The topological polar surface area (TPSA) is 30.7 Å². The van der Waals surface area contributed by atoms with Gasteiger partial charge in [-0.15, -0.1) is 0 Å². The summed E-state index contributed by atoms with van der Waals surface area (Å²) in [6.07, 6.45) is 7.37. The van der Waals surface area contributed by atoms with E-state index in [4.69, 9.17) is 0 Å². The van der Waals surface area contributed by atoms with Crippen LogP contribution in [0.15, 0.2) is 49.1 Å². The first kappa shape index (κ1) is 8.69. The molecule has 0 aliphatic heterocycles. The minimum absolute atomic E-state index is 0.759. The molecule has 0 radical (unpaired) electrons. The molecule has 0 saturated carbocycles. The lowest BCUT2D eigenvalue weighted by molar-refractivity contribution is 0.701. The van der Waals surface area contributed by atoms with Crippen molar-refractivity contribution in [3.63, 3.8) is 0 Å². The van der Waals surface area contributed by atoms with E-state index in [1.54, 1.807) is 11.0 Å². The fourth-order valence-electron chi connectivity index (χ4n) is 1.19. The van der Waals surface area contributed by atoms with Gasteiger partial charge in [0.25, 0.3) is 0 Å². The molecule has 3 heteroatoms. The number of rotatable bonds is 3. The van der Waals surface area contributed by atoms with E-state index in [0.29, 0.717) is 0 Å². The molecular formula is C11H11N3. The first-order valence-electron chi connectivity index (χ1n) is 4.49. The SMILES string of the molecule is C(=Cc1ccccc1)Cn1cncn1. The van der Waals surface area contributed by atoms with Gasteiger partial charge in [0.1, 0.15) is 12.7 Å².